The van der Waals surface area contributed by atoms with Crippen molar-refractivity contribution >= 4 is 22.6 Å². The number of benzene rings is 1. The molecule has 1 atom stereocenters. The molecule has 0 fully saturated rings. The molecule has 0 aliphatic carbocycles. The van der Waals surface area contributed by atoms with Crippen molar-refractivity contribution in [3.63, 3.8) is 0 Å². The van der Waals surface area contributed by atoms with Crippen LogP contribution in [-0.4, -0.2) is 15.0 Å². The van der Waals surface area contributed by atoms with Gasteiger partial charge in [-0.1, -0.05) is 23.4 Å². The highest BCUT2D eigenvalue weighted by atomic mass is 127. The van der Waals surface area contributed by atoms with Crippen LogP contribution in [0.3, 0.4) is 0 Å². The highest BCUT2D eigenvalue weighted by molar-refractivity contribution is 14.1. The van der Waals surface area contributed by atoms with E-state index in [0.29, 0.717) is 6.42 Å². The van der Waals surface area contributed by atoms with Gasteiger partial charge in [-0.2, -0.15) is 0 Å². The molecule has 90 valence electrons. The molecule has 1 aromatic heterocycles. The highest BCUT2D eigenvalue weighted by Crippen LogP contribution is 2.23. The molecule has 1 aromatic carbocycles. The van der Waals surface area contributed by atoms with Gasteiger partial charge >= 0.3 is 0 Å². The summed E-state index contributed by atoms with van der Waals surface area (Å²) in [5.41, 5.74) is 9.59. The average molecular weight is 342 g/mol. The van der Waals surface area contributed by atoms with E-state index in [2.05, 4.69) is 52.0 Å². The normalized spacial score (nSPS) is 12.7. The lowest BCUT2D eigenvalue weighted by Gasteiger charge is -2.13. The van der Waals surface area contributed by atoms with Gasteiger partial charge in [-0.25, -0.2) is 0 Å². The van der Waals surface area contributed by atoms with Crippen molar-refractivity contribution in [2.45, 2.75) is 19.4 Å². The smallest absolute Gasteiger partial charge is 0.0845 e. The third kappa shape index (κ3) is 2.84. The molecule has 2 rings (SSSR count). The minimum Gasteiger partial charge on any atom is -0.324 e. The maximum absolute atomic E-state index is 6.22. The Bertz CT molecular complexity index is 521. The van der Waals surface area contributed by atoms with Gasteiger partial charge in [-0.15, -0.1) is 5.10 Å². The van der Waals surface area contributed by atoms with Gasteiger partial charge in [0.2, 0.25) is 0 Å². The Morgan fingerprint density at radius 3 is 2.88 bits per heavy atom. The number of hydrogen-bond donors (Lipinski definition) is 1. The summed E-state index contributed by atoms with van der Waals surface area (Å²) in [7, 11) is 1.86. The molecule has 0 spiro atoms. The Morgan fingerprint density at radius 1 is 1.47 bits per heavy atom. The monoisotopic (exact) mass is 342 g/mol. The summed E-state index contributed by atoms with van der Waals surface area (Å²) in [6.45, 7) is 2.10. The van der Waals surface area contributed by atoms with Crippen LogP contribution in [0, 0.1) is 10.5 Å². The molecule has 2 aromatic rings. The number of aryl methyl sites for hydroxylation is 2. The van der Waals surface area contributed by atoms with E-state index < -0.39 is 0 Å². The lowest BCUT2D eigenvalue weighted by atomic mass is 10.0. The van der Waals surface area contributed by atoms with Crippen molar-refractivity contribution < 1.29 is 0 Å². The summed E-state index contributed by atoms with van der Waals surface area (Å²) >= 11 is 2.35. The number of halogens is 1. The molecule has 17 heavy (non-hydrogen) atoms. The van der Waals surface area contributed by atoms with Crippen LogP contribution in [0.5, 0.6) is 0 Å². The summed E-state index contributed by atoms with van der Waals surface area (Å²) in [5, 5.41) is 7.98. The van der Waals surface area contributed by atoms with Gasteiger partial charge in [-0.3, -0.25) is 4.68 Å². The predicted molar refractivity (Wildman–Crippen MR) is 75.5 cm³/mol. The molecule has 5 heteroatoms. The van der Waals surface area contributed by atoms with Crippen molar-refractivity contribution in [2.75, 3.05) is 0 Å². The molecule has 0 aliphatic heterocycles. The van der Waals surface area contributed by atoms with Gasteiger partial charge in [-0.05, 0) is 40.6 Å². The third-order valence-corrected chi connectivity index (χ3v) is 4.17. The summed E-state index contributed by atoms with van der Waals surface area (Å²) in [4.78, 5) is 0. The van der Waals surface area contributed by atoms with E-state index in [4.69, 9.17) is 5.73 Å². The summed E-state index contributed by atoms with van der Waals surface area (Å²) in [5.74, 6) is 0. The SMILES string of the molecule is Cc1cccc(C(N)Cc2cn(C)nn2)c1I. The molecule has 4 nitrogen and oxygen atoms in total. The van der Waals surface area contributed by atoms with E-state index in [-0.39, 0.29) is 6.04 Å². The second-order valence-electron chi connectivity index (χ2n) is 4.17. The van der Waals surface area contributed by atoms with E-state index in [9.17, 15) is 0 Å². The minimum atomic E-state index is -0.0292. The number of nitrogens with two attached hydrogens (primary N) is 1. The van der Waals surface area contributed by atoms with E-state index in [1.54, 1.807) is 4.68 Å². The van der Waals surface area contributed by atoms with E-state index in [0.717, 1.165) is 5.69 Å². The average Bonchev–Trinajstić information content (AvgIpc) is 2.68. The summed E-state index contributed by atoms with van der Waals surface area (Å²) < 4.78 is 2.94. The summed E-state index contributed by atoms with van der Waals surface area (Å²) in [6.07, 6.45) is 2.62. The van der Waals surface area contributed by atoms with Crippen LogP contribution < -0.4 is 5.73 Å². The molecular formula is C12H15IN4. The van der Waals surface area contributed by atoms with Gasteiger partial charge in [0.25, 0.3) is 0 Å². The lowest BCUT2D eigenvalue weighted by molar-refractivity contribution is 0.691. The number of nitrogens with zero attached hydrogens (tertiary/aromatic N) is 3. The molecule has 0 saturated carbocycles. The zero-order chi connectivity index (χ0) is 12.4. The lowest BCUT2D eigenvalue weighted by Crippen LogP contribution is -2.15. The fraction of sp³-hybridized carbons (Fsp3) is 0.333. The van der Waals surface area contributed by atoms with Crippen molar-refractivity contribution in [1.29, 1.82) is 0 Å². The molecular weight excluding hydrogens is 327 g/mol. The van der Waals surface area contributed by atoms with Gasteiger partial charge in [0.1, 0.15) is 0 Å². The molecule has 1 unspecified atom stereocenters. The first kappa shape index (κ1) is 12.5. The standard InChI is InChI=1S/C12H15IN4/c1-8-4-3-5-10(12(8)13)11(14)6-9-7-17(2)16-15-9/h3-5,7,11H,6,14H2,1-2H3. The van der Waals surface area contributed by atoms with Gasteiger partial charge in [0.05, 0.1) is 5.69 Å². The van der Waals surface area contributed by atoms with Crippen molar-refractivity contribution in [2.24, 2.45) is 12.8 Å². The second-order valence-corrected chi connectivity index (χ2v) is 5.25. The first-order valence-electron chi connectivity index (χ1n) is 5.43. The van der Waals surface area contributed by atoms with Gasteiger partial charge in [0.15, 0.2) is 0 Å². The van der Waals surface area contributed by atoms with Crippen LogP contribution in [-0.2, 0) is 13.5 Å². The Balaban J connectivity index is 2.20. The number of hydrogen-bond acceptors (Lipinski definition) is 3. The van der Waals surface area contributed by atoms with Crippen molar-refractivity contribution in [3.05, 3.63) is 44.8 Å². The Kier molecular flexibility index (Phi) is 3.78. The van der Waals surface area contributed by atoms with E-state index in [1.165, 1.54) is 14.7 Å². The molecule has 0 amide bonds. The maximum atomic E-state index is 6.22. The van der Waals surface area contributed by atoms with Crippen molar-refractivity contribution in [1.82, 2.24) is 15.0 Å². The molecule has 0 radical (unpaired) electrons. The van der Waals surface area contributed by atoms with Gasteiger partial charge in [0, 0.05) is 29.3 Å². The Hall–Kier alpha value is -0.950. The third-order valence-electron chi connectivity index (χ3n) is 2.70. The van der Waals surface area contributed by atoms with Gasteiger partial charge < -0.3 is 5.73 Å². The number of aromatic nitrogens is 3. The van der Waals surface area contributed by atoms with Crippen molar-refractivity contribution in [3.8, 4) is 0 Å². The highest BCUT2D eigenvalue weighted by Gasteiger charge is 2.13. The molecule has 0 saturated heterocycles. The fourth-order valence-corrected chi connectivity index (χ4v) is 2.54. The fourth-order valence-electron chi connectivity index (χ4n) is 1.78. The zero-order valence-corrected chi connectivity index (χ0v) is 12.0. The summed E-state index contributed by atoms with van der Waals surface area (Å²) in [6, 6.07) is 6.19. The van der Waals surface area contributed by atoms with Crippen LogP contribution in [0.2, 0.25) is 0 Å². The van der Waals surface area contributed by atoms with Crippen LogP contribution in [0.1, 0.15) is 22.9 Å². The molecule has 1 heterocycles. The maximum Gasteiger partial charge on any atom is 0.0845 e. The first-order chi connectivity index (χ1) is 8.08. The van der Waals surface area contributed by atoms with E-state index in [1.807, 2.05) is 19.3 Å². The number of rotatable bonds is 3. The Labute approximate surface area is 114 Å². The topological polar surface area (TPSA) is 56.7 Å². The first-order valence-corrected chi connectivity index (χ1v) is 6.51. The molecule has 0 bridgehead atoms. The minimum absolute atomic E-state index is 0.0292. The second kappa shape index (κ2) is 5.14. The van der Waals surface area contributed by atoms with Crippen LogP contribution in [0.15, 0.2) is 24.4 Å². The predicted octanol–water partition coefficient (Wildman–Crippen LogP) is 1.97. The quantitative estimate of drug-likeness (QED) is 0.868. The largest absolute Gasteiger partial charge is 0.324 e. The molecule has 2 N–H and O–H groups in total. The van der Waals surface area contributed by atoms with E-state index >= 15 is 0 Å². The van der Waals surface area contributed by atoms with Crippen LogP contribution in [0.4, 0.5) is 0 Å². The zero-order valence-electron chi connectivity index (χ0n) is 9.89. The van der Waals surface area contributed by atoms with Crippen LogP contribution >= 0.6 is 22.6 Å². The molecule has 0 aliphatic rings. The Morgan fingerprint density at radius 2 is 2.24 bits per heavy atom. The van der Waals surface area contributed by atoms with Crippen LogP contribution in [0.25, 0.3) is 0 Å².